The number of likely N-dealkylation sites (N-methyl/N-ethyl adjacent to an activating group) is 1. The molecule has 1 aliphatic heterocycles. The summed E-state index contributed by atoms with van der Waals surface area (Å²) < 4.78 is 52.9. The van der Waals surface area contributed by atoms with Gasteiger partial charge in [-0.05, 0) is 37.4 Å². The summed E-state index contributed by atoms with van der Waals surface area (Å²) in [5, 5.41) is 0.503. The van der Waals surface area contributed by atoms with E-state index in [0.717, 1.165) is 23.9 Å². The van der Waals surface area contributed by atoms with Crippen LogP contribution >= 0.6 is 11.8 Å². The highest BCUT2D eigenvalue weighted by atomic mass is 32.2. The number of halogens is 2. The Balaban J connectivity index is 1.74. The third-order valence-corrected chi connectivity index (χ3v) is 6.75. The summed E-state index contributed by atoms with van der Waals surface area (Å²) >= 11 is 1.13. The second kappa shape index (κ2) is 7.36. The van der Waals surface area contributed by atoms with Gasteiger partial charge in [0.2, 0.25) is 10.0 Å². The smallest absolute Gasteiger partial charge is 0.244 e. The Bertz CT molecular complexity index is 852. The predicted octanol–water partition coefficient (Wildman–Crippen LogP) is 2.45. The van der Waals surface area contributed by atoms with Gasteiger partial charge in [-0.15, -0.1) is 0 Å². The lowest BCUT2D eigenvalue weighted by molar-refractivity contribution is 0.222. The maximum absolute atomic E-state index is 13.2. The Morgan fingerprint density at radius 1 is 1.04 bits per heavy atom. The van der Waals surface area contributed by atoms with Crippen LogP contribution in [0.5, 0.6) is 0 Å². The number of rotatable bonds is 4. The maximum Gasteiger partial charge on any atom is 0.244 e. The Morgan fingerprint density at radius 2 is 1.76 bits per heavy atom. The summed E-state index contributed by atoms with van der Waals surface area (Å²) in [6.45, 7) is 2.28. The number of piperazine rings is 1. The molecular weight excluding hydrogens is 368 g/mol. The van der Waals surface area contributed by atoms with E-state index in [4.69, 9.17) is 0 Å². The maximum atomic E-state index is 13.2. The normalized spacial score (nSPS) is 16.9. The van der Waals surface area contributed by atoms with Crippen molar-refractivity contribution in [2.45, 2.75) is 14.8 Å². The molecule has 0 N–H and O–H groups in total. The fourth-order valence-electron chi connectivity index (χ4n) is 2.42. The molecule has 2 aromatic rings. The van der Waals surface area contributed by atoms with E-state index in [1.54, 1.807) is 6.07 Å². The molecule has 1 saturated heterocycles. The fraction of sp³-hybridized carbons (Fsp3) is 0.312. The van der Waals surface area contributed by atoms with Gasteiger partial charge in [-0.2, -0.15) is 4.31 Å². The minimum atomic E-state index is -3.56. The molecule has 0 radical (unpaired) electrons. The Hall–Kier alpha value is -1.55. The third-order valence-electron chi connectivity index (χ3n) is 3.92. The van der Waals surface area contributed by atoms with Gasteiger partial charge in [0.1, 0.15) is 9.92 Å². The van der Waals surface area contributed by atoms with Crippen molar-refractivity contribution in [2.24, 2.45) is 0 Å². The second-order valence-electron chi connectivity index (χ2n) is 5.72. The Morgan fingerprint density at radius 3 is 2.36 bits per heavy atom. The highest BCUT2D eigenvalue weighted by Crippen LogP contribution is 2.28. The molecule has 2 heterocycles. The van der Waals surface area contributed by atoms with Crippen LogP contribution in [-0.2, 0) is 10.0 Å². The zero-order valence-electron chi connectivity index (χ0n) is 13.5. The monoisotopic (exact) mass is 385 g/mol. The molecule has 0 saturated carbocycles. The SMILES string of the molecule is CN1CCN(S(=O)(=O)c2ccc(Sc3ccc(F)c(F)c3)nc2)CC1. The van der Waals surface area contributed by atoms with Crippen molar-refractivity contribution >= 4 is 21.8 Å². The first-order valence-electron chi connectivity index (χ1n) is 7.64. The van der Waals surface area contributed by atoms with Crippen molar-refractivity contribution in [2.75, 3.05) is 33.2 Å². The molecule has 1 aromatic carbocycles. The first kappa shape index (κ1) is 18.2. The van der Waals surface area contributed by atoms with E-state index in [-0.39, 0.29) is 4.90 Å². The lowest BCUT2D eigenvalue weighted by atomic mass is 10.3. The Labute approximate surface area is 149 Å². The predicted molar refractivity (Wildman–Crippen MR) is 91.0 cm³/mol. The van der Waals surface area contributed by atoms with Gasteiger partial charge < -0.3 is 4.90 Å². The van der Waals surface area contributed by atoms with E-state index in [1.807, 2.05) is 7.05 Å². The van der Waals surface area contributed by atoms with Crippen molar-refractivity contribution < 1.29 is 17.2 Å². The quantitative estimate of drug-likeness (QED) is 0.809. The van der Waals surface area contributed by atoms with Crippen LogP contribution in [-0.4, -0.2) is 55.8 Å². The van der Waals surface area contributed by atoms with Crippen LogP contribution in [0.25, 0.3) is 0 Å². The molecule has 0 spiro atoms. The van der Waals surface area contributed by atoms with Gasteiger partial charge in [0, 0.05) is 37.3 Å². The van der Waals surface area contributed by atoms with Gasteiger partial charge in [0.25, 0.3) is 0 Å². The lowest BCUT2D eigenvalue weighted by Gasteiger charge is -2.31. The molecule has 0 atom stereocenters. The zero-order chi connectivity index (χ0) is 18.0. The molecule has 25 heavy (non-hydrogen) atoms. The summed E-state index contributed by atoms with van der Waals surface area (Å²) in [7, 11) is -1.61. The van der Waals surface area contributed by atoms with Gasteiger partial charge >= 0.3 is 0 Å². The molecule has 5 nitrogen and oxygen atoms in total. The minimum Gasteiger partial charge on any atom is -0.304 e. The van der Waals surface area contributed by atoms with E-state index < -0.39 is 21.7 Å². The number of hydrogen-bond acceptors (Lipinski definition) is 5. The number of aromatic nitrogens is 1. The average molecular weight is 385 g/mol. The fourth-order valence-corrected chi connectivity index (χ4v) is 4.57. The number of pyridine rings is 1. The molecule has 0 amide bonds. The van der Waals surface area contributed by atoms with Gasteiger partial charge in [0.05, 0.1) is 0 Å². The van der Waals surface area contributed by atoms with Crippen LogP contribution in [0.15, 0.2) is 51.3 Å². The first-order valence-corrected chi connectivity index (χ1v) is 9.89. The molecule has 3 rings (SSSR count). The molecule has 134 valence electrons. The zero-order valence-corrected chi connectivity index (χ0v) is 15.2. The van der Waals surface area contributed by atoms with Crippen LogP contribution in [0.3, 0.4) is 0 Å². The summed E-state index contributed by atoms with van der Waals surface area (Å²) in [6, 6.07) is 6.62. The summed E-state index contributed by atoms with van der Waals surface area (Å²) in [5.41, 5.74) is 0. The molecule has 0 bridgehead atoms. The van der Waals surface area contributed by atoms with Crippen molar-refractivity contribution in [3.8, 4) is 0 Å². The van der Waals surface area contributed by atoms with Crippen LogP contribution in [0.1, 0.15) is 0 Å². The lowest BCUT2D eigenvalue weighted by Crippen LogP contribution is -2.47. The molecule has 1 aromatic heterocycles. The molecule has 1 aliphatic rings. The summed E-state index contributed by atoms with van der Waals surface area (Å²) in [5.74, 6) is -1.84. The van der Waals surface area contributed by atoms with Crippen LogP contribution < -0.4 is 0 Å². The van der Waals surface area contributed by atoms with Crippen molar-refractivity contribution in [1.29, 1.82) is 0 Å². The molecular formula is C16H17F2N3O2S2. The van der Waals surface area contributed by atoms with Gasteiger partial charge in [0.15, 0.2) is 11.6 Å². The average Bonchev–Trinajstić information content (AvgIpc) is 2.59. The van der Waals surface area contributed by atoms with Crippen molar-refractivity contribution in [3.63, 3.8) is 0 Å². The molecule has 0 unspecified atom stereocenters. The molecule has 9 heteroatoms. The number of benzene rings is 1. The van der Waals surface area contributed by atoms with Crippen LogP contribution in [0, 0.1) is 11.6 Å². The number of sulfonamides is 1. The topological polar surface area (TPSA) is 53.5 Å². The Kier molecular flexibility index (Phi) is 5.38. The van der Waals surface area contributed by atoms with E-state index in [1.165, 1.54) is 22.6 Å². The summed E-state index contributed by atoms with van der Waals surface area (Å²) in [6.07, 6.45) is 1.30. The first-order chi connectivity index (χ1) is 11.9. The number of nitrogens with zero attached hydrogens (tertiary/aromatic N) is 3. The summed E-state index contributed by atoms with van der Waals surface area (Å²) in [4.78, 5) is 6.83. The highest BCUT2D eigenvalue weighted by Gasteiger charge is 2.27. The van der Waals surface area contributed by atoms with Gasteiger partial charge in [-0.1, -0.05) is 11.8 Å². The molecule has 1 fully saturated rings. The van der Waals surface area contributed by atoms with E-state index in [9.17, 15) is 17.2 Å². The van der Waals surface area contributed by atoms with E-state index >= 15 is 0 Å². The van der Waals surface area contributed by atoms with E-state index in [2.05, 4.69) is 9.88 Å². The minimum absolute atomic E-state index is 0.131. The van der Waals surface area contributed by atoms with E-state index in [0.29, 0.717) is 36.1 Å². The van der Waals surface area contributed by atoms with Crippen LogP contribution in [0.2, 0.25) is 0 Å². The number of hydrogen-bond donors (Lipinski definition) is 0. The standard InChI is InChI=1S/C16H17F2N3O2S2/c1-20-6-8-21(9-7-20)25(22,23)13-3-5-16(19-11-13)24-12-2-4-14(17)15(18)10-12/h2-5,10-11H,6-9H2,1H3. The van der Waals surface area contributed by atoms with Crippen LogP contribution in [0.4, 0.5) is 8.78 Å². The van der Waals surface area contributed by atoms with Crippen molar-refractivity contribution in [3.05, 3.63) is 48.2 Å². The largest absolute Gasteiger partial charge is 0.304 e. The third kappa shape index (κ3) is 4.17. The second-order valence-corrected chi connectivity index (χ2v) is 8.75. The molecule has 0 aliphatic carbocycles. The van der Waals surface area contributed by atoms with Gasteiger partial charge in [-0.25, -0.2) is 22.2 Å². The highest BCUT2D eigenvalue weighted by molar-refractivity contribution is 7.99. The van der Waals surface area contributed by atoms with Gasteiger partial charge in [-0.3, -0.25) is 0 Å². The van der Waals surface area contributed by atoms with Crippen molar-refractivity contribution in [1.82, 2.24) is 14.2 Å².